The van der Waals surface area contributed by atoms with E-state index in [0.29, 0.717) is 5.56 Å². The summed E-state index contributed by atoms with van der Waals surface area (Å²) < 4.78 is 18.4. The number of aliphatic hydroxyl groups excluding tert-OH is 1. The molecule has 1 aliphatic heterocycles. The second-order valence-electron chi connectivity index (χ2n) is 5.55. The number of rotatable bonds is 1. The van der Waals surface area contributed by atoms with E-state index in [0.717, 1.165) is 11.3 Å². The van der Waals surface area contributed by atoms with E-state index < -0.39 is 29.8 Å². The van der Waals surface area contributed by atoms with Crippen LogP contribution in [-0.2, 0) is 9.57 Å². The molecule has 1 unspecified atom stereocenters. The number of carbonyl (C=O) groups excluding carboxylic acids is 1. The van der Waals surface area contributed by atoms with Gasteiger partial charge in [-0.05, 0) is 32.4 Å². The van der Waals surface area contributed by atoms with Gasteiger partial charge in [0.15, 0.2) is 6.29 Å². The van der Waals surface area contributed by atoms with Gasteiger partial charge in [0, 0.05) is 12.6 Å². The van der Waals surface area contributed by atoms with Crippen LogP contribution in [0.25, 0.3) is 0 Å². The number of hydroxylamine groups is 2. The molecule has 1 fully saturated rings. The van der Waals surface area contributed by atoms with E-state index in [9.17, 15) is 14.3 Å². The van der Waals surface area contributed by atoms with E-state index in [4.69, 9.17) is 9.57 Å². The van der Waals surface area contributed by atoms with Crippen LogP contribution < -0.4 is 0 Å². The lowest BCUT2D eigenvalue weighted by atomic mass is 10.1. The van der Waals surface area contributed by atoms with Crippen molar-refractivity contribution in [3.63, 3.8) is 0 Å². The molecule has 0 spiro atoms. The van der Waals surface area contributed by atoms with Crippen LogP contribution >= 0.6 is 0 Å². The molecule has 2 heterocycles. The van der Waals surface area contributed by atoms with Gasteiger partial charge in [-0.3, -0.25) is 4.98 Å². The molecule has 2 atom stereocenters. The Morgan fingerprint density at radius 3 is 2.85 bits per heavy atom. The van der Waals surface area contributed by atoms with Gasteiger partial charge in [-0.2, -0.15) is 5.06 Å². The van der Waals surface area contributed by atoms with Gasteiger partial charge in [0.1, 0.15) is 11.4 Å². The molecule has 0 saturated carbocycles. The maximum Gasteiger partial charge on any atom is 0.435 e. The maximum atomic E-state index is 13.2. The molecule has 2 rings (SSSR count). The van der Waals surface area contributed by atoms with Crippen molar-refractivity contribution in [2.75, 3.05) is 0 Å². The van der Waals surface area contributed by atoms with Gasteiger partial charge < -0.3 is 9.84 Å². The Labute approximate surface area is 116 Å². The zero-order valence-corrected chi connectivity index (χ0v) is 11.5. The summed E-state index contributed by atoms with van der Waals surface area (Å²) in [6, 6.07) is 0.610. The summed E-state index contributed by atoms with van der Waals surface area (Å²) in [5.41, 5.74) is -0.258. The van der Waals surface area contributed by atoms with Crippen molar-refractivity contribution in [2.45, 2.75) is 45.1 Å². The Morgan fingerprint density at radius 2 is 2.25 bits per heavy atom. The van der Waals surface area contributed by atoms with Crippen LogP contribution in [0.5, 0.6) is 0 Å². The SMILES string of the molecule is CC(C)(C)OC(=O)N1OC(O)C[C@H]1c1cncc(F)c1. The number of aliphatic hydroxyl groups is 1. The maximum absolute atomic E-state index is 13.2. The molecule has 0 bridgehead atoms. The van der Waals surface area contributed by atoms with Crippen molar-refractivity contribution < 1.29 is 23.9 Å². The van der Waals surface area contributed by atoms with Gasteiger partial charge in [0.25, 0.3) is 0 Å². The van der Waals surface area contributed by atoms with Gasteiger partial charge in [0.05, 0.1) is 12.2 Å². The van der Waals surface area contributed by atoms with Crippen LogP contribution in [0.15, 0.2) is 18.5 Å². The topological polar surface area (TPSA) is 71.9 Å². The van der Waals surface area contributed by atoms with Gasteiger partial charge >= 0.3 is 6.09 Å². The number of pyridine rings is 1. The molecule has 0 radical (unpaired) electrons. The third kappa shape index (κ3) is 3.43. The molecular weight excluding hydrogens is 267 g/mol. The highest BCUT2D eigenvalue weighted by Crippen LogP contribution is 2.34. The first-order valence-electron chi connectivity index (χ1n) is 6.24. The first-order valence-corrected chi connectivity index (χ1v) is 6.24. The molecule has 0 aromatic carbocycles. The Bertz CT molecular complexity index is 503. The van der Waals surface area contributed by atoms with Crippen LogP contribution in [-0.4, -0.2) is 33.1 Å². The molecule has 1 aromatic rings. The van der Waals surface area contributed by atoms with Gasteiger partial charge in [0.2, 0.25) is 0 Å². The molecule has 1 saturated heterocycles. The fourth-order valence-corrected chi connectivity index (χ4v) is 1.89. The summed E-state index contributed by atoms with van der Waals surface area (Å²) in [6.45, 7) is 5.16. The number of hydrogen-bond donors (Lipinski definition) is 1. The highest BCUT2D eigenvalue weighted by atomic mass is 19.1. The van der Waals surface area contributed by atoms with Crippen LogP contribution in [0.3, 0.4) is 0 Å². The second-order valence-corrected chi connectivity index (χ2v) is 5.55. The quantitative estimate of drug-likeness (QED) is 0.855. The standard InChI is InChI=1S/C13H17FN2O4/c1-13(2,3)19-12(18)16-10(5-11(17)20-16)8-4-9(14)7-15-6-8/h4,6-7,10-11,17H,5H2,1-3H3/t10-,11?/m0/s1. The molecule has 0 aliphatic carbocycles. The number of carbonyl (C=O) groups is 1. The smallest absolute Gasteiger partial charge is 0.435 e. The largest absolute Gasteiger partial charge is 0.442 e. The monoisotopic (exact) mass is 284 g/mol. The normalized spacial score (nSPS) is 22.9. The third-order valence-corrected chi connectivity index (χ3v) is 2.63. The highest BCUT2D eigenvalue weighted by molar-refractivity contribution is 5.67. The summed E-state index contributed by atoms with van der Waals surface area (Å²) >= 11 is 0. The lowest BCUT2D eigenvalue weighted by Gasteiger charge is -2.26. The molecule has 1 N–H and O–H groups in total. The molecule has 6 nitrogen and oxygen atoms in total. The number of amides is 1. The van der Waals surface area contributed by atoms with Crippen LogP contribution in [0.2, 0.25) is 0 Å². The van der Waals surface area contributed by atoms with E-state index >= 15 is 0 Å². The molecule has 1 aliphatic rings. The lowest BCUT2D eigenvalue weighted by molar-refractivity contribution is -0.207. The first kappa shape index (κ1) is 14.7. The summed E-state index contributed by atoms with van der Waals surface area (Å²) in [5, 5.41) is 10.5. The van der Waals surface area contributed by atoms with Crippen molar-refractivity contribution in [2.24, 2.45) is 0 Å². The van der Waals surface area contributed by atoms with E-state index in [2.05, 4.69) is 4.98 Å². The summed E-state index contributed by atoms with van der Waals surface area (Å²) in [4.78, 5) is 20.8. The lowest BCUT2D eigenvalue weighted by Crippen LogP contribution is -2.36. The minimum absolute atomic E-state index is 0.129. The Morgan fingerprint density at radius 1 is 1.55 bits per heavy atom. The number of hydrogen-bond acceptors (Lipinski definition) is 5. The summed E-state index contributed by atoms with van der Waals surface area (Å²) in [7, 11) is 0. The van der Waals surface area contributed by atoms with E-state index in [1.807, 2.05) is 0 Å². The zero-order valence-electron chi connectivity index (χ0n) is 11.5. The third-order valence-electron chi connectivity index (χ3n) is 2.63. The number of nitrogens with zero attached hydrogens (tertiary/aromatic N) is 2. The van der Waals surface area contributed by atoms with Crippen LogP contribution in [0.1, 0.15) is 38.8 Å². The number of aromatic nitrogens is 1. The number of ether oxygens (including phenoxy) is 1. The molecule has 1 aromatic heterocycles. The van der Waals surface area contributed by atoms with Crippen LogP contribution in [0, 0.1) is 5.82 Å². The minimum atomic E-state index is -1.14. The Balaban J connectivity index is 2.21. The van der Waals surface area contributed by atoms with Crippen LogP contribution in [0.4, 0.5) is 9.18 Å². The average Bonchev–Trinajstić information content (AvgIpc) is 2.69. The molecule has 110 valence electrons. The fourth-order valence-electron chi connectivity index (χ4n) is 1.89. The fraction of sp³-hybridized carbons (Fsp3) is 0.538. The first-order chi connectivity index (χ1) is 9.26. The second kappa shape index (κ2) is 5.34. The minimum Gasteiger partial charge on any atom is -0.442 e. The van der Waals surface area contributed by atoms with Crippen molar-refractivity contribution in [3.05, 3.63) is 29.8 Å². The predicted octanol–water partition coefficient (Wildman–Crippen LogP) is 2.15. The molecule has 20 heavy (non-hydrogen) atoms. The van der Waals surface area contributed by atoms with Gasteiger partial charge in [-0.1, -0.05) is 0 Å². The average molecular weight is 284 g/mol. The van der Waals surface area contributed by atoms with Gasteiger partial charge in [-0.25, -0.2) is 14.0 Å². The summed E-state index contributed by atoms with van der Waals surface area (Å²) in [6.07, 6.45) is 0.740. The number of halogens is 1. The Kier molecular flexibility index (Phi) is 3.92. The van der Waals surface area contributed by atoms with E-state index in [-0.39, 0.29) is 6.42 Å². The Hall–Kier alpha value is -1.73. The van der Waals surface area contributed by atoms with E-state index in [1.165, 1.54) is 12.3 Å². The summed E-state index contributed by atoms with van der Waals surface area (Å²) in [5.74, 6) is -0.520. The van der Waals surface area contributed by atoms with Crippen molar-refractivity contribution in [1.82, 2.24) is 10.0 Å². The van der Waals surface area contributed by atoms with Gasteiger partial charge in [-0.15, -0.1) is 0 Å². The van der Waals surface area contributed by atoms with Crippen molar-refractivity contribution >= 4 is 6.09 Å². The van der Waals surface area contributed by atoms with E-state index in [1.54, 1.807) is 20.8 Å². The molecule has 7 heteroatoms. The zero-order chi connectivity index (χ0) is 14.9. The highest BCUT2D eigenvalue weighted by Gasteiger charge is 2.39. The predicted molar refractivity (Wildman–Crippen MR) is 66.7 cm³/mol. The molecule has 1 amide bonds. The van der Waals surface area contributed by atoms with Crippen molar-refractivity contribution in [3.8, 4) is 0 Å². The molecular formula is C13H17FN2O4. The van der Waals surface area contributed by atoms with Crippen molar-refractivity contribution in [1.29, 1.82) is 0 Å².